The molecule has 1 N–H and O–H groups in total. The molecule has 0 saturated carbocycles. The van der Waals surface area contributed by atoms with E-state index in [2.05, 4.69) is 27.8 Å². The molecule has 0 bridgehead atoms. The van der Waals surface area contributed by atoms with Crippen molar-refractivity contribution in [3.63, 3.8) is 0 Å². The van der Waals surface area contributed by atoms with E-state index in [4.69, 9.17) is 5.11 Å². The van der Waals surface area contributed by atoms with Gasteiger partial charge in [0, 0.05) is 0 Å². The summed E-state index contributed by atoms with van der Waals surface area (Å²) in [6.07, 6.45) is 8.20. The summed E-state index contributed by atoms with van der Waals surface area (Å²) in [5.74, 6) is -0.757. The van der Waals surface area contributed by atoms with Gasteiger partial charge in [-0.05, 0) is 40.0 Å². The van der Waals surface area contributed by atoms with Crippen LogP contribution in [0.4, 0.5) is 0 Å². The summed E-state index contributed by atoms with van der Waals surface area (Å²) in [5.41, 5.74) is -0.583. The van der Waals surface area contributed by atoms with Crippen LogP contribution in [-0.2, 0) is 4.79 Å². The van der Waals surface area contributed by atoms with Crippen molar-refractivity contribution in [3.8, 4) is 0 Å². The van der Waals surface area contributed by atoms with Crippen LogP contribution in [0.5, 0.6) is 0 Å². The lowest BCUT2D eigenvalue weighted by molar-refractivity contribution is -0.910. The molecule has 0 amide bonds. The van der Waals surface area contributed by atoms with Gasteiger partial charge in [-0.2, -0.15) is 0 Å². The van der Waals surface area contributed by atoms with Crippen LogP contribution in [-0.4, -0.2) is 42.2 Å². The van der Waals surface area contributed by atoms with E-state index in [1.165, 1.54) is 62.6 Å². The standard InChI is InChI=1S/C13H30N.C5H10O2/c1-5-8-11-14(4,12-9-6-2)13-10-7-3;1-5(2,3)4(6)7/h5-13H2,1-4H3;1-3H3,(H,6,7)/q+1;. The largest absolute Gasteiger partial charge is 0.481 e. The Kier molecular flexibility index (Phi) is 13.0. The van der Waals surface area contributed by atoms with Crippen molar-refractivity contribution in [2.75, 3.05) is 26.7 Å². The number of nitrogens with zero attached hydrogens (tertiary/aromatic N) is 1. The summed E-state index contributed by atoms with van der Waals surface area (Å²) in [6, 6.07) is 0. The second-order valence-corrected chi connectivity index (χ2v) is 7.41. The van der Waals surface area contributed by atoms with Crippen molar-refractivity contribution < 1.29 is 14.4 Å². The van der Waals surface area contributed by atoms with E-state index >= 15 is 0 Å². The molecule has 0 aliphatic heterocycles. The molecule has 21 heavy (non-hydrogen) atoms. The topological polar surface area (TPSA) is 37.3 Å². The highest BCUT2D eigenvalue weighted by molar-refractivity contribution is 5.72. The number of quaternary nitrogens is 1. The molecule has 0 heterocycles. The molecule has 0 aromatic rings. The third-order valence-corrected chi connectivity index (χ3v) is 3.80. The van der Waals surface area contributed by atoms with Crippen LogP contribution in [0, 0.1) is 5.41 Å². The van der Waals surface area contributed by atoms with Gasteiger partial charge >= 0.3 is 5.97 Å². The molecule has 0 rings (SSSR count). The minimum atomic E-state index is -0.757. The normalized spacial score (nSPS) is 11.8. The van der Waals surface area contributed by atoms with Crippen molar-refractivity contribution >= 4 is 5.97 Å². The molecule has 0 aliphatic carbocycles. The summed E-state index contributed by atoms with van der Waals surface area (Å²) in [4.78, 5) is 10.0. The van der Waals surface area contributed by atoms with Crippen LogP contribution < -0.4 is 0 Å². The van der Waals surface area contributed by atoms with Gasteiger partial charge in [-0.15, -0.1) is 0 Å². The molecule has 3 nitrogen and oxygen atoms in total. The fourth-order valence-corrected chi connectivity index (χ4v) is 1.95. The minimum absolute atomic E-state index is 0.583. The van der Waals surface area contributed by atoms with Crippen molar-refractivity contribution in [2.45, 2.75) is 80.1 Å². The molecule has 0 fully saturated rings. The predicted octanol–water partition coefficient (Wildman–Crippen LogP) is 4.95. The number of unbranched alkanes of at least 4 members (excludes halogenated alkanes) is 3. The van der Waals surface area contributed by atoms with Gasteiger partial charge in [0.15, 0.2) is 0 Å². The van der Waals surface area contributed by atoms with E-state index in [0.29, 0.717) is 0 Å². The van der Waals surface area contributed by atoms with E-state index in [1.54, 1.807) is 20.8 Å². The van der Waals surface area contributed by atoms with Gasteiger partial charge in [0.2, 0.25) is 0 Å². The average Bonchev–Trinajstić information content (AvgIpc) is 2.40. The van der Waals surface area contributed by atoms with Crippen molar-refractivity contribution in [3.05, 3.63) is 0 Å². The first-order valence-corrected chi connectivity index (χ1v) is 8.69. The Labute approximate surface area is 133 Å². The smallest absolute Gasteiger partial charge is 0.308 e. The molecule has 0 spiro atoms. The number of aliphatic carboxylic acids is 1. The molecular formula is C18H40NO2+. The maximum atomic E-state index is 10.0. The summed E-state index contributed by atoms with van der Waals surface area (Å²) < 4.78 is 1.32. The summed E-state index contributed by atoms with van der Waals surface area (Å²) >= 11 is 0. The SMILES string of the molecule is CC(C)(C)C(=O)O.CCCC[N+](C)(CCCC)CCCC. The highest BCUT2D eigenvalue weighted by atomic mass is 16.4. The zero-order chi connectivity index (χ0) is 16.9. The first kappa shape index (κ1) is 22.7. The van der Waals surface area contributed by atoms with E-state index in [0.717, 1.165) is 0 Å². The Morgan fingerprint density at radius 1 is 0.857 bits per heavy atom. The van der Waals surface area contributed by atoms with Crippen LogP contribution in [0.25, 0.3) is 0 Å². The molecule has 3 heteroatoms. The maximum absolute atomic E-state index is 10.0. The van der Waals surface area contributed by atoms with Crippen LogP contribution in [0.15, 0.2) is 0 Å². The molecule has 0 atom stereocenters. The Bertz CT molecular complexity index is 235. The van der Waals surface area contributed by atoms with Gasteiger partial charge < -0.3 is 9.59 Å². The highest BCUT2D eigenvalue weighted by Gasteiger charge is 2.19. The van der Waals surface area contributed by atoms with Crippen LogP contribution >= 0.6 is 0 Å². The molecule has 0 radical (unpaired) electrons. The third kappa shape index (κ3) is 14.1. The van der Waals surface area contributed by atoms with E-state index in [9.17, 15) is 4.79 Å². The van der Waals surface area contributed by atoms with E-state index in [-0.39, 0.29) is 0 Å². The fraction of sp³-hybridized carbons (Fsp3) is 0.944. The number of rotatable bonds is 9. The maximum Gasteiger partial charge on any atom is 0.308 e. The van der Waals surface area contributed by atoms with Gasteiger partial charge in [-0.25, -0.2) is 0 Å². The first-order chi connectivity index (χ1) is 9.63. The fourth-order valence-electron chi connectivity index (χ4n) is 1.95. The van der Waals surface area contributed by atoms with Crippen molar-refractivity contribution in [1.29, 1.82) is 0 Å². The van der Waals surface area contributed by atoms with Crippen LogP contribution in [0.3, 0.4) is 0 Å². The van der Waals surface area contributed by atoms with Crippen molar-refractivity contribution in [2.24, 2.45) is 5.41 Å². The number of carbonyl (C=O) groups is 1. The molecule has 0 aromatic heterocycles. The van der Waals surface area contributed by atoms with Crippen LogP contribution in [0.2, 0.25) is 0 Å². The number of hydrogen-bond donors (Lipinski definition) is 1. The number of carboxylic acid groups (broad SMARTS) is 1. The van der Waals surface area contributed by atoms with Gasteiger partial charge in [0.05, 0.1) is 32.1 Å². The van der Waals surface area contributed by atoms with Crippen LogP contribution in [0.1, 0.15) is 80.1 Å². The van der Waals surface area contributed by atoms with Gasteiger partial charge in [-0.1, -0.05) is 40.0 Å². The van der Waals surface area contributed by atoms with Crippen molar-refractivity contribution in [1.82, 2.24) is 0 Å². The highest BCUT2D eigenvalue weighted by Crippen LogP contribution is 2.11. The third-order valence-electron chi connectivity index (χ3n) is 3.80. The Hall–Kier alpha value is -0.570. The average molecular weight is 303 g/mol. The quantitative estimate of drug-likeness (QED) is 0.612. The molecule has 0 unspecified atom stereocenters. The molecule has 0 saturated heterocycles. The minimum Gasteiger partial charge on any atom is -0.481 e. The van der Waals surface area contributed by atoms with E-state index < -0.39 is 11.4 Å². The Morgan fingerprint density at radius 2 is 1.10 bits per heavy atom. The van der Waals surface area contributed by atoms with E-state index in [1.807, 2.05) is 0 Å². The zero-order valence-corrected chi connectivity index (χ0v) is 15.7. The summed E-state index contributed by atoms with van der Waals surface area (Å²) in [6.45, 7) is 16.0. The predicted molar refractivity (Wildman–Crippen MR) is 92.6 cm³/mol. The van der Waals surface area contributed by atoms with Gasteiger partial charge in [-0.3, -0.25) is 4.79 Å². The molecule has 128 valence electrons. The molecular weight excluding hydrogens is 262 g/mol. The second kappa shape index (κ2) is 12.0. The summed E-state index contributed by atoms with van der Waals surface area (Å²) in [5, 5.41) is 8.25. The Morgan fingerprint density at radius 3 is 1.24 bits per heavy atom. The molecule has 0 aliphatic rings. The second-order valence-electron chi connectivity index (χ2n) is 7.41. The van der Waals surface area contributed by atoms with Gasteiger partial charge in [0.25, 0.3) is 0 Å². The lowest BCUT2D eigenvalue weighted by atomic mass is 9.98. The first-order valence-electron chi connectivity index (χ1n) is 8.69. The lowest BCUT2D eigenvalue weighted by Gasteiger charge is -2.34. The number of hydrogen-bond acceptors (Lipinski definition) is 1. The Balaban J connectivity index is 0. The lowest BCUT2D eigenvalue weighted by Crippen LogP contribution is -2.46. The zero-order valence-electron chi connectivity index (χ0n) is 15.7. The number of carboxylic acids is 1. The monoisotopic (exact) mass is 302 g/mol. The van der Waals surface area contributed by atoms with Gasteiger partial charge in [0.1, 0.15) is 0 Å². The summed E-state index contributed by atoms with van der Waals surface area (Å²) in [7, 11) is 2.45. The molecule has 0 aromatic carbocycles.